The van der Waals surface area contributed by atoms with E-state index in [1.165, 1.54) is 15.6 Å². The molecule has 2 aromatic carbocycles. The Labute approximate surface area is 159 Å². The van der Waals surface area contributed by atoms with Crippen LogP contribution in [0.25, 0.3) is 5.65 Å². The van der Waals surface area contributed by atoms with Gasteiger partial charge in [0.05, 0.1) is 0 Å². The Kier molecular flexibility index (Phi) is 4.71. The zero-order chi connectivity index (χ0) is 17.9. The van der Waals surface area contributed by atoms with E-state index >= 15 is 0 Å². The van der Waals surface area contributed by atoms with E-state index in [1.807, 2.05) is 42.5 Å². The van der Waals surface area contributed by atoms with E-state index in [2.05, 4.69) is 44.2 Å². The van der Waals surface area contributed by atoms with Crippen molar-refractivity contribution in [2.45, 2.75) is 19.3 Å². The maximum absolute atomic E-state index is 12.4. The van der Waals surface area contributed by atoms with E-state index in [0.29, 0.717) is 5.65 Å². The van der Waals surface area contributed by atoms with Crippen molar-refractivity contribution in [3.8, 4) is 0 Å². The van der Waals surface area contributed by atoms with Crippen molar-refractivity contribution >= 4 is 21.6 Å². The number of hydrogen-bond acceptors (Lipinski definition) is 2. The zero-order valence-corrected chi connectivity index (χ0v) is 15.7. The molecule has 4 nitrogen and oxygen atoms in total. The van der Waals surface area contributed by atoms with Crippen LogP contribution in [-0.4, -0.2) is 14.6 Å². The monoisotopic (exact) mass is 407 g/mol. The first-order chi connectivity index (χ1) is 12.7. The first-order valence-electron chi connectivity index (χ1n) is 8.57. The number of hydrogen-bond donors (Lipinski definition) is 1. The number of fused-ring (bicyclic) bond motifs is 1. The summed E-state index contributed by atoms with van der Waals surface area (Å²) in [6.07, 6.45) is 2.31. The highest BCUT2D eigenvalue weighted by Gasteiger charge is 2.08. The van der Waals surface area contributed by atoms with Crippen molar-refractivity contribution in [1.82, 2.24) is 14.6 Å². The molecule has 26 heavy (non-hydrogen) atoms. The number of aromatic amines is 1. The predicted octanol–water partition coefficient (Wildman–Crippen LogP) is 4.16. The third kappa shape index (κ3) is 3.63. The topological polar surface area (TPSA) is 50.2 Å². The van der Waals surface area contributed by atoms with Gasteiger partial charge in [-0.1, -0.05) is 64.5 Å². The Hall–Kier alpha value is -2.66. The highest BCUT2D eigenvalue weighted by Crippen LogP contribution is 2.17. The van der Waals surface area contributed by atoms with Gasteiger partial charge in [0.25, 0.3) is 5.56 Å². The first kappa shape index (κ1) is 16.8. The molecule has 4 rings (SSSR count). The molecule has 5 heteroatoms. The van der Waals surface area contributed by atoms with E-state index in [-0.39, 0.29) is 5.56 Å². The van der Waals surface area contributed by atoms with E-state index in [9.17, 15) is 4.79 Å². The van der Waals surface area contributed by atoms with Crippen molar-refractivity contribution in [2.75, 3.05) is 0 Å². The molecule has 2 heterocycles. The molecule has 0 amide bonds. The van der Waals surface area contributed by atoms with Gasteiger partial charge >= 0.3 is 0 Å². The Balaban J connectivity index is 1.58. The summed E-state index contributed by atoms with van der Waals surface area (Å²) in [4.78, 5) is 17.1. The molecule has 0 aliphatic carbocycles. The summed E-state index contributed by atoms with van der Waals surface area (Å²) in [5, 5.41) is 3.16. The molecule has 0 radical (unpaired) electrons. The molecule has 130 valence electrons. The average molecular weight is 408 g/mol. The molecule has 0 aliphatic rings. The van der Waals surface area contributed by atoms with E-state index in [4.69, 9.17) is 0 Å². The number of benzene rings is 2. The fraction of sp³-hybridized carbons (Fsp3) is 0.143. The molecule has 0 saturated heterocycles. The van der Waals surface area contributed by atoms with E-state index < -0.39 is 0 Å². The SMILES string of the molecule is O=c1cc(CCc2ccccc2Br)nc2cc(Cc3ccccc3)[nH]n12. The maximum Gasteiger partial charge on any atom is 0.272 e. The lowest BCUT2D eigenvalue weighted by Gasteiger charge is -2.04. The average Bonchev–Trinajstić information content (AvgIpc) is 3.05. The van der Waals surface area contributed by atoms with Gasteiger partial charge in [0.1, 0.15) is 0 Å². The second-order valence-corrected chi connectivity index (χ2v) is 7.17. The minimum absolute atomic E-state index is 0.0727. The third-order valence-corrected chi connectivity index (χ3v) is 5.18. The van der Waals surface area contributed by atoms with Gasteiger partial charge in [0.2, 0.25) is 0 Å². The van der Waals surface area contributed by atoms with Crippen molar-refractivity contribution < 1.29 is 0 Å². The molecular formula is C21H18BrN3O. The number of aryl methyl sites for hydroxylation is 2. The van der Waals surface area contributed by atoms with Crippen LogP contribution in [0.4, 0.5) is 0 Å². The summed E-state index contributed by atoms with van der Waals surface area (Å²) in [5.74, 6) is 0. The van der Waals surface area contributed by atoms with Gasteiger partial charge in [0, 0.05) is 34.4 Å². The Bertz CT molecular complexity index is 1100. The van der Waals surface area contributed by atoms with Crippen LogP contribution >= 0.6 is 15.9 Å². The van der Waals surface area contributed by atoms with Crippen LogP contribution < -0.4 is 5.56 Å². The van der Waals surface area contributed by atoms with Crippen LogP contribution in [0, 0.1) is 0 Å². The van der Waals surface area contributed by atoms with Gasteiger partial charge in [-0.25, -0.2) is 9.50 Å². The Morgan fingerprint density at radius 2 is 1.73 bits per heavy atom. The van der Waals surface area contributed by atoms with Crippen LogP contribution in [0.1, 0.15) is 22.5 Å². The van der Waals surface area contributed by atoms with Gasteiger partial charge in [-0.2, -0.15) is 0 Å². The smallest absolute Gasteiger partial charge is 0.272 e. The fourth-order valence-electron chi connectivity index (χ4n) is 3.09. The van der Waals surface area contributed by atoms with Crippen LogP contribution in [-0.2, 0) is 19.3 Å². The summed E-state index contributed by atoms with van der Waals surface area (Å²) < 4.78 is 2.60. The van der Waals surface area contributed by atoms with Crippen molar-refractivity contribution in [3.05, 3.63) is 104 Å². The number of halogens is 1. The molecule has 0 bridgehead atoms. The van der Waals surface area contributed by atoms with Crippen LogP contribution in [0.15, 0.2) is 76.0 Å². The summed E-state index contributed by atoms with van der Waals surface area (Å²) in [6.45, 7) is 0. The minimum atomic E-state index is -0.0727. The zero-order valence-electron chi connectivity index (χ0n) is 14.2. The minimum Gasteiger partial charge on any atom is -0.293 e. The maximum atomic E-state index is 12.4. The molecule has 0 unspecified atom stereocenters. The van der Waals surface area contributed by atoms with E-state index in [1.54, 1.807) is 6.07 Å². The number of H-pyrrole nitrogens is 1. The van der Waals surface area contributed by atoms with Gasteiger partial charge in [0.15, 0.2) is 5.65 Å². The highest BCUT2D eigenvalue weighted by molar-refractivity contribution is 9.10. The fourth-order valence-corrected chi connectivity index (χ4v) is 3.57. The number of aromatic nitrogens is 3. The normalized spacial score (nSPS) is 11.1. The standard InChI is InChI=1S/C21H18BrN3O/c22-19-9-5-4-8-16(19)10-11-17-14-21(26)25-20(23-17)13-18(24-25)12-15-6-2-1-3-7-15/h1-9,13-14,24H,10-12H2. The number of rotatable bonds is 5. The van der Waals surface area contributed by atoms with Crippen LogP contribution in [0.3, 0.4) is 0 Å². The number of nitrogens with zero attached hydrogens (tertiary/aromatic N) is 2. The van der Waals surface area contributed by atoms with Crippen molar-refractivity contribution in [3.63, 3.8) is 0 Å². The predicted molar refractivity (Wildman–Crippen MR) is 107 cm³/mol. The molecular weight excluding hydrogens is 390 g/mol. The second-order valence-electron chi connectivity index (χ2n) is 6.31. The molecule has 0 atom stereocenters. The molecule has 0 spiro atoms. The quantitative estimate of drug-likeness (QED) is 0.539. The summed E-state index contributed by atoms with van der Waals surface area (Å²) in [5.41, 5.74) is 4.80. The molecule has 4 aromatic rings. The Morgan fingerprint density at radius 1 is 0.962 bits per heavy atom. The van der Waals surface area contributed by atoms with Crippen LogP contribution in [0.5, 0.6) is 0 Å². The third-order valence-electron chi connectivity index (χ3n) is 4.40. The van der Waals surface area contributed by atoms with Crippen molar-refractivity contribution in [2.24, 2.45) is 0 Å². The lowest BCUT2D eigenvalue weighted by Crippen LogP contribution is -2.16. The van der Waals surface area contributed by atoms with Crippen molar-refractivity contribution in [1.29, 1.82) is 0 Å². The van der Waals surface area contributed by atoms with Crippen LogP contribution in [0.2, 0.25) is 0 Å². The van der Waals surface area contributed by atoms with Gasteiger partial charge in [-0.05, 0) is 30.0 Å². The summed E-state index contributed by atoms with van der Waals surface area (Å²) in [6, 6.07) is 21.9. The lowest BCUT2D eigenvalue weighted by molar-refractivity contribution is 0.835. The second kappa shape index (κ2) is 7.30. The molecule has 0 saturated carbocycles. The molecule has 0 aliphatic heterocycles. The lowest BCUT2D eigenvalue weighted by atomic mass is 10.1. The van der Waals surface area contributed by atoms with Gasteiger partial charge in [-0.3, -0.25) is 9.89 Å². The first-order valence-corrected chi connectivity index (χ1v) is 9.36. The summed E-state index contributed by atoms with van der Waals surface area (Å²) >= 11 is 3.57. The molecule has 0 fully saturated rings. The molecule has 2 aromatic heterocycles. The number of nitrogens with one attached hydrogen (secondary N) is 1. The largest absolute Gasteiger partial charge is 0.293 e. The Morgan fingerprint density at radius 3 is 2.54 bits per heavy atom. The van der Waals surface area contributed by atoms with Gasteiger partial charge in [-0.15, -0.1) is 0 Å². The summed E-state index contributed by atoms with van der Waals surface area (Å²) in [7, 11) is 0. The molecule has 1 N–H and O–H groups in total. The highest BCUT2D eigenvalue weighted by atomic mass is 79.9. The van der Waals surface area contributed by atoms with Gasteiger partial charge < -0.3 is 0 Å². The van der Waals surface area contributed by atoms with E-state index in [0.717, 1.165) is 35.1 Å².